The standard InChI is InChI=1S/C24H23N3O3/c1-2-16-3-5-22-19(11-16)21(13-24(28)30-22)27(18-7-9-25-10-8-18)14-17-4-6-23-20(12-17)26-15-29-23/h2-6,11-13,15,18,25H,1,7-10,14H2. The summed E-state index contributed by atoms with van der Waals surface area (Å²) in [5.74, 6) is 0. The predicted molar refractivity (Wildman–Crippen MR) is 119 cm³/mol. The summed E-state index contributed by atoms with van der Waals surface area (Å²) >= 11 is 0. The normalized spacial score (nSPS) is 14.9. The molecule has 2 aromatic carbocycles. The van der Waals surface area contributed by atoms with Gasteiger partial charge >= 0.3 is 5.63 Å². The minimum atomic E-state index is -0.338. The molecule has 4 aromatic rings. The molecule has 0 saturated carbocycles. The lowest BCUT2D eigenvalue weighted by molar-refractivity contribution is 0.428. The van der Waals surface area contributed by atoms with Crippen LogP contribution in [-0.4, -0.2) is 24.1 Å². The highest BCUT2D eigenvalue weighted by molar-refractivity contribution is 5.92. The number of aromatic nitrogens is 1. The molecule has 6 heteroatoms. The van der Waals surface area contributed by atoms with Crippen molar-refractivity contribution in [3.05, 3.63) is 77.0 Å². The van der Waals surface area contributed by atoms with Crippen molar-refractivity contribution in [1.82, 2.24) is 10.3 Å². The van der Waals surface area contributed by atoms with Crippen molar-refractivity contribution < 1.29 is 8.83 Å². The minimum Gasteiger partial charge on any atom is -0.443 e. The Kier molecular flexibility index (Phi) is 4.85. The van der Waals surface area contributed by atoms with Crippen molar-refractivity contribution in [3.8, 4) is 0 Å². The van der Waals surface area contributed by atoms with Crippen LogP contribution in [0.3, 0.4) is 0 Å². The van der Waals surface area contributed by atoms with Crippen LogP contribution in [0.1, 0.15) is 24.0 Å². The third-order valence-corrected chi connectivity index (χ3v) is 5.79. The van der Waals surface area contributed by atoms with Crippen LogP contribution in [-0.2, 0) is 6.54 Å². The molecule has 5 rings (SSSR count). The van der Waals surface area contributed by atoms with Crippen LogP contribution in [0.15, 0.2) is 69.1 Å². The van der Waals surface area contributed by atoms with Crippen molar-refractivity contribution in [1.29, 1.82) is 0 Å². The van der Waals surface area contributed by atoms with E-state index >= 15 is 0 Å². The minimum absolute atomic E-state index is 0.316. The van der Waals surface area contributed by atoms with Crippen LogP contribution in [0, 0.1) is 0 Å². The van der Waals surface area contributed by atoms with Gasteiger partial charge in [-0.25, -0.2) is 9.78 Å². The van der Waals surface area contributed by atoms with Gasteiger partial charge in [-0.15, -0.1) is 0 Å². The number of piperidine rings is 1. The number of fused-ring (bicyclic) bond motifs is 2. The molecule has 30 heavy (non-hydrogen) atoms. The molecule has 2 aromatic heterocycles. The first-order valence-electron chi connectivity index (χ1n) is 10.2. The summed E-state index contributed by atoms with van der Waals surface area (Å²) in [7, 11) is 0. The summed E-state index contributed by atoms with van der Waals surface area (Å²) in [6.07, 6.45) is 5.29. The summed E-state index contributed by atoms with van der Waals surface area (Å²) in [5.41, 5.74) is 4.88. The van der Waals surface area contributed by atoms with Gasteiger partial charge < -0.3 is 19.1 Å². The Morgan fingerprint density at radius 3 is 2.80 bits per heavy atom. The number of nitrogens with one attached hydrogen (secondary N) is 1. The highest BCUT2D eigenvalue weighted by atomic mass is 16.4. The van der Waals surface area contributed by atoms with Gasteiger partial charge in [-0.3, -0.25) is 0 Å². The molecule has 0 radical (unpaired) electrons. The largest absolute Gasteiger partial charge is 0.443 e. The zero-order valence-electron chi connectivity index (χ0n) is 16.6. The fourth-order valence-corrected chi connectivity index (χ4v) is 4.26. The van der Waals surface area contributed by atoms with E-state index < -0.39 is 0 Å². The van der Waals surface area contributed by atoms with Crippen LogP contribution < -0.4 is 15.8 Å². The molecule has 1 aliphatic heterocycles. The smallest absolute Gasteiger partial charge is 0.338 e. The Bertz CT molecular complexity index is 1270. The maximum Gasteiger partial charge on any atom is 0.338 e. The van der Waals surface area contributed by atoms with Crippen LogP contribution in [0.4, 0.5) is 5.69 Å². The molecule has 6 nitrogen and oxygen atoms in total. The fourth-order valence-electron chi connectivity index (χ4n) is 4.26. The zero-order valence-corrected chi connectivity index (χ0v) is 16.6. The highest BCUT2D eigenvalue weighted by Gasteiger charge is 2.24. The molecule has 1 N–H and O–H groups in total. The summed E-state index contributed by atoms with van der Waals surface area (Å²) in [6, 6.07) is 13.8. The molecule has 0 atom stereocenters. The van der Waals surface area contributed by atoms with Gasteiger partial charge in [-0.1, -0.05) is 24.8 Å². The molecule has 1 aliphatic rings. The number of anilines is 1. The van der Waals surface area contributed by atoms with Crippen LogP contribution in [0.25, 0.3) is 28.1 Å². The van der Waals surface area contributed by atoms with E-state index in [4.69, 9.17) is 8.83 Å². The SMILES string of the molecule is C=Cc1ccc2oc(=O)cc(N(Cc3ccc4ocnc4c3)C3CCNCC3)c2c1. The maximum absolute atomic E-state index is 12.4. The summed E-state index contributed by atoms with van der Waals surface area (Å²) < 4.78 is 10.9. The number of rotatable bonds is 5. The van der Waals surface area contributed by atoms with Crippen molar-refractivity contribution in [3.63, 3.8) is 0 Å². The number of oxazole rings is 1. The lowest BCUT2D eigenvalue weighted by atomic mass is 10.0. The predicted octanol–water partition coefficient (Wildman–Crippen LogP) is 4.34. The van der Waals surface area contributed by atoms with E-state index in [1.807, 2.05) is 30.3 Å². The van der Waals surface area contributed by atoms with Gasteiger partial charge in [0.05, 0.1) is 5.69 Å². The fraction of sp³-hybridized carbons (Fsp3) is 0.250. The van der Waals surface area contributed by atoms with Gasteiger partial charge in [0.25, 0.3) is 0 Å². The maximum atomic E-state index is 12.4. The quantitative estimate of drug-likeness (QED) is 0.502. The van der Waals surface area contributed by atoms with Gasteiger partial charge in [0.1, 0.15) is 11.1 Å². The Hall–Kier alpha value is -3.38. The number of nitrogens with zero attached hydrogens (tertiary/aromatic N) is 2. The van der Waals surface area contributed by atoms with Gasteiger partial charge in [-0.2, -0.15) is 0 Å². The first-order valence-corrected chi connectivity index (χ1v) is 10.2. The Labute approximate surface area is 173 Å². The molecule has 0 bridgehead atoms. The van der Waals surface area contributed by atoms with Crippen LogP contribution >= 0.6 is 0 Å². The van der Waals surface area contributed by atoms with Crippen LogP contribution in [0.2, 0.25) is 0 Å². The van der Waals surface area contributed by atoms with Crippen molar-refractivity contribution >= 4 is 33.8 Å². The average molecular weight is 401 g/mol. The average Bonchev–Trinajstić information content (AvgIpc) is 3.25. The van der Waals surface area contributed by atoms with Crippen LogP contribution in [0.5, 0.6) is 0 Å². The molecule has 0 spiro atoms. The van der Waals surface area contributed by atoms with Gasteiger partial charge in [0.2, 0.25) is 0 Å². The lowest BCUT2D eigenvalue weighted by Gasteiger charge is -2.37. The van der Waals surface area contributed by atoms with Gasteiger partial charge in [0, 0.05) is 24.0 Å². The highest BCUT2D eigenvalue weighted by Crippen LogP contribution is 2.32. The van der Waals surface area contributed by atoms with E-state index in [0.717, 1.165) is 59.2 Å². The molecule has 1 fully saturated rings. The number of hydrogen-bond acceptors (Lipinski definition) is 6. The summed E-state index contributed by atoms with van der Waals surface area (Å²) in [5, 5.41) is 4.35. The third kappa shape index (κ3) is 3.50. The lowest BCUT2D eigenvalue weighted by Crippen LogP contribution is -2.43. The van der Waals surface area contributed by atoms with E-state index in [-0.39, 0.29) is 5.63 Å². The van der Waals surface area contributed by atoms with Crippen molar-refractivity contribution in [2.75, 3.05) is 18.0 Å². The summed E-state index contributed by atoms with van der Waals surface area (Å²) in [4.78, 5) is 19.0. The molecule has 1 saturated heterocycles. The summed E-state index contributed by atoms with van der Waals surface area (Å²) in [6.45, 7) is 6.47. The molecule has 152 valence electrons. The molecular weight excluding hydrogens is 378 g/mol. The van der Waals surface area contributed by atoms with Crippen molar-refractivity contribution in [2.45, 2.75) is 25.4 Å². The van der Waals surface area contributed by atoms with E-state index in [9.17, 15) is 4.79 Å². The third-order valence-electron chi connectivity index (χ3n) is 5.79. The van der Waals surface area contributed by atoms with E-state index in [2.05, 4.69) is 33.9 Å². The molecule has 0 unspecified atom stereocenters. The van der Waals surface area contributed by atoms with E-state index in [0.29, 0.717) is 18.2 Å². The second-order valence-electron chi connectivity index (χ2n) is 7.67. The first-order chi connectivity index (χ1) is 14.7. The monoisotopic (exact) mass is 401 g/mol. The Morgan fingerprint density at radius 2 is 1.97 bits per heavy atom. The second-order valence-corrected chi connectivity index (χ2v) is 7.67. The topological polar surface area (TPSA) is 71.5 Å². The number of benzene rings is 2. The van der Waals surface area contributed by atoms with E-state index in [1.165, 1.54) is 6.39 Å². The molecule has 3 heterocycles. The Morgan fingerprint density at radius 1 is 1.13 bits per heavy atom. The first kappa shape index (κ1) is 18.6. The second kappa shape index (κ2) is 7.80. The molecule has 0 aliphatic carbocycles. The van der Waals surface area contributed by atoms with Gasteiger partial charge in [0.15, 0.2) is 12.0 Å². The number of hydrogen-bond donors (Lipinski definition) is 1. The van der Waals surface area contributed by atoms with E-state index in [1.54, 1.807) is 6.07 Å². The molecule has 0 amide bonds. The van der Waals surface area contributed by atoms with Crippen molar-refractivity contribution in [2.24, 2.45) is 0 Å². The zero-order chi connectivity index (χ0) is 20.5. The molecular formula is C24H23N3O3. The Balaban J connectivity index is 1.64. The van der Waals surface area contributed by atoms with Gasteiger partial charge in [-0.05, 0) is 61.3 Å².